The summed E-state index contributed by atoms with van der Waals surface area (Å²) >= 11 is 0. The van der Waals surface area contributed by atoms with Gasteiger partial charge < -0.3 is 9.64 Å². The van der Waals surface area contributed by atoms with Gasteiger partial charge in [-0.1, -0.05) is 6.07 Å². The highest BCUT2D eigenvalue weighted by Crippen LogP contribution is 2.43. The lowest BCUT2D eigenvalue weighted by molar-refractivity contribution is -0.130. The lowest BCUT2D eigenvalue weighted by atomic mass is 9.77. The monoisotopic (exact) mass is 423 g/mol. The number of likely N-dealkylation sites (tertiary alicyclic amines) is 2. The van der Waals surface area contributed by atoms with Gasteiger partial charge >= 0.3 is 0 Å². The van der Waals surface area contributed by atoms with Crippen LogP contribution in [-0.2, 0) is 4.79 Å². The van der Waals surface area contributed by atoms with Crippen molar-refractivity contribution >= 4 is 5.91 Å². The van der Waals surface area contributed by atoms with Crippen LogP contribution in [0.3, 0.4) is 0 Å². The topological polar surface area (TPSA) is 63.5 Å². The molecule has 1 aliphatic carbocycles. The molecule has 2 saturated heterocycles. The van der Waals surface area contributed by atoms with Crippen LogP contribution < -0.4 is 4.74 Å². The smallest absolute Gasteiger partial charge is 0.219 e. The van der Waals surface area contributed by atoms with Crippen molar-refractivity contribution in [2.24, 2.45) is 11.8 Å². The van der Waals surface area contributed by atoms with Gasteiger partial charge in [-0.15, -0.1) is 0 Å². The second-order valence-corrected chi connectivity index (χ2v) is 9.57. The van der Waals surface area contributed by atoms with Crippen molar-refractivity contribution in [2.75, 3.05) is 26.2 Å². The number of rotatable bonds is 4. The van der Waals surface area contributed by atoms with E-state index in [0.717, 1.165) is 51.9 Å². The SMILES string of the molecule is CC(=O)N1CCC(N2C[C@H]3C[C@H](Oc4ccccn4)[C@@H](n4cc(C)cn4)C[C@H]3C2)CC1. The maximum absolute atomic E-state index is 11.7. The van der Waals surface area contributed by atoms with Crippen LogP contribution in [0.4, 0.5) is 0 Å². The van der Waals surface area contributed by atoms with E-state index in [1.807, 2.05) is 29.3 Å². The van der Waals surface area contributed by atoms with E-state index >= 15 is 0 Å². The molecule has 2 aromatic heterocycles. The highest BCUT2D eigenvalue weighted by Gasteiger charge is 2.46. The van der Waals surface area contributed by atoms with Crippen LogP contribution in [0, 0.1) is 18.8 Å². The molecule has 5 rings (SSSR count). The number of aromatic nitrogens is 3. The van der Waals surface area contributed by atoms with Crippen LogP contribution in [0.15, 0.2) is 36.8 Å². The largest absolute Gasteiger partial charge is 0.472 e. The number of nitrogens with zero attached hydrogens (tertiary/aromatic N) is 5. The molecule has 4 heterocycles. The van der Waals surface area contributed by atoms with E-state index in [-0.39, 0.29) is 18.1 Å². The summed E-state index contributed by atoms with van der Waals surface area (Å²) in [7, 11) is 0. The molecule has 0 bridgehead atoms. The summed E-state index contributed by atoms with van der Waals surface area (Å²) in [6, 6.07) is 6.68. The van der Waals surface area contributed by atoms with Gasteiger partial charge in [-0.3, -0.25) is 14.4 Å². The number of carbonyl (C=O) groups excluding carboxylic acids is 1. The first-order valence-electron chi connectivity index (χ1n) is 11.6. The molecule has 0 spiro atoms. The van der Waals surface area contributed by atoms with Crippen LogP contribution in [0.2, 0.25) is 0 Å². The molecule has 7 heteroatoms. The van der Waals surface area contributed by atoms with Crippen molar-refractivity contribution in [3.8, 4) is 5.88 Å². The summed E-state index contributed by atoms with van der Waals surface area (Å²) in [5.74, 6) is 2.23. The van der Waals surface area contributed by atoms with E-state index in [0.29, 0.717) is 23.8 Å². The van der Waals surface area contributed by atoms with Gasteiger partial charge in [0, 0.05) is 57.6 Å². The number of piperidine rings is 1. The second kappa shape index (κ2) is 8.61. The highest BCUT2D eigenvalue weighted by molar-refractivity contribution is 5.73. The lowest BCUT2D eigenvalue weighted by Crippen LogP contribution is -2.45. The molecule has 3 fully saturated rings. The lowest BCUT2D eigenvalue weighted by Gasteiger charge is -2.37. The molecule has 7 nitrogen and oxygen atoms in total. The summed E-state index contributed by atoms with van der Waals surface area (Å²) in [5, 5.41) is 4.64. The predicted molar refractivity (Wildman–Crippen MR) is 118 cm³/mol. The normalized spacial score (nSPS) is 29.7. The first kappa shape index (κ1) is 20.5. The molecule has 0 N–H and O–H groups in total. The van der Waals surface area contributed by atoms with Gasteiger partial charge in [0.25, 0.3) is 0 Å². The first-order chi connectivity index (χ1) is 15.1. The fourth-order valence-electron chi connectivity index (χ4n) is 5.86. The number of hydrogen-bond acceptors (Lipinski definition) is 5. The van der Waals surface area contributed by atoms with Gasteiger partial charge in [0.05, 0.1) is 12.2 Å². The Labute approximate surface area is 184 Å². The summed E-state index contributed by atoms with van der Waals surface area (Å²) in [4.78, 5) is 20.8. The Balaban J connectivity index is 1.29. The van der Waals surface area contributed by atoms with Gasteiger partial charge in [0.15, 0.2) is 0 Å². The van der Waals surface area contributed by atoms with E-state index in [1.54, 1.807) is 13.1 Å². The Morgan fingerprint density at radius 3 is 2.55 bits per heavy atom. The zero-order chi connectivity index (χ0) is 21.4. The molecule has 166 valence electrons. The van der Waals surface area contributed by atoms with Crippen molar-refractivity contribution < 1.29 is 9.53 Å². The molecule has 0 unspecified atom stereocenters. The van der Waals surface area contributed by atoms with Gasteiger partial charge in [0.2, 0.25) is 11.8 Å². The summed E-state index contributed by atoms with van der Waals surface area (Å²) in [6.45, 7) is 7.86. The number of ether oxygens (including phenoxy) is 1. The Morgan fingerprint density at radius 2 is 1.90 bits per heavy atom. The molecule has 1 amide bonds. The maximum Gasteiger partial charge on any atom is 0.219 e. The van der Waals surface area contributed by atoms with Gasteiger partial charge in [-0.25, -0.2) is 4.98 Å². The van der Waals surface area contributed by atoms with Crippen LogP contribution in [0.25, 0.3) is 0 Å². The Bertz CT molecular complexity index is 892. The van der Waals surface area contributed by atoms with Gasteiger partial charge in [-0.2, -0.15) is 5.10 Å². The molecule has 2 aliphatic heterocycles. The Kier molecular flexibility index (Phi) is 5.69. The first-order valence-corrected chi connectivity index (χ1v) is 11.6. The molecule has 4 atom stereocenters. The van der Waals surface area contributed by atoms with Crippen LogP contribution >= 0.6 is 0 Å². The minimum absolute atomic E-state index is 0.0787. The molecule has 0 aromatic carbocycles. The molecule has 2 aromatic rings. The molecular weight excluding hydrogens is 390 g/mol. The highest BCUT2D eigenvalue weighted by atomic mass is 16.5. The number of amides is 1. The molecule has 0 radical (unpaired) electrons. The van der Waals surface area contributed by atoms with Crippen molar-refractivity contribution in [3.05, 3.63) is 42.4 Å². The fourth-order valence-corrected chi connectivity index (χ4v) is 5.86. The van der Waals surface area contributed by atoms with Crippen molar-refractivity contribution in [1.29, 1.82) is 0 Å². The van der Waals surface area contributed by atoms with Crippen LogP contribution in [0.5, 0.6) is 5.88 Å². The van der Waals surface area contributed by atoms with E-state index in [9.17, 15) is 4.79 Å². The second-order valence-electron chi connectivity index (χ2n) is 9.57. The Morgan fingerprint density at radius 1 is 1.13 bits per heavy atom. The third kappa shape index (κ3) is 4.33. The minimum Gasteiger partial charge on any atom is -0.472 e. The average molecular weight is 424 g/mol. The molecule has 3 aliphatic rings. The van der Waals surface area contributed by atoms with Crippen molar-refractivity contribution in [2.45, 2.75) is 57.7 Å². The van der Waals surface area contributed by atoms with E-state index < -0.39 is 0 Å². The summed E-state index contributed by atoms with van der Waals surface area (Å²) < 4.78 is 8.54. The maximum atomic E-state index is 11.7. The summed E-state index contributed by atoms with van der Waals surface area (Å²) in [6.07, 6.45) is 10.3. The van der Waals surface area contributed by atoms with E-state index in [1.165, 1.54) is 5.56 Å². The third-order valence-corrected chi connectivity index (χ3v) is 7.52. The quantitative estimate of drug-likeness (QED) is 0.757. The van der Waals surface area contributed by atoms with Gasteiger partial charge in [-0.05, 0) is 56.1 Å². The summed E-state index contributed by atoms with van der Waals surface area (Å²) in [5.41, 5.74) is 1.18. The molecule has 31 heavy (non-hydrogen) atoms. The number of carbonyl (C=O) groups is 1. The van der Waals surface area contributed by atoms with Gasteiger partial charge in [0.1, 0.15) is 6.10 Å². The molecule has 1 saturated carbocycles. The number of hydrogen-bond donors (Lipinski definition) is 0. The molecular formula is C24H33N5O2. The standard InChI is InChI=1S/C24H33N5O2/c1-17-13-26-29(14-17)22-11-19-15-28(21-6-9-27(10-7-21)18(2)30)16-20(19)12-23(22)31-24-5-3-4-8-25-24/h3-5,8,13-14,19-23H,6-7,9-12,15-16H2,1-2H3/t19-,20+,22-,23-/m0/s1. The van der Waals surface area contributed by atoms with Crippen LogP contribution in [0.1, 0.15) is 44.2 Å². The zero-order valence-corrected chi connectivity index (χ0v) is 18.6. The zero-order valence-electron chi connectivity index (χ0n) is 18.6. The average Bonchev–Trinajstić information content (AvgIpc) is 3.39. The Hall–Kier alpha value is -2.41. The van der Waals surface area contributed by atoms with Crippen molar-refractivity contribution in [3.63, 3.8) is 0 Å². The number of aryl methyl sites for hydroxylation is 1. The number of fused-ring (bicyclic) bond motifs is 1. The minimum atomic E-state index is 0.0787. The fraction of sp³-hybridized carbons (Fsp3) is 0.625. The van der Waals surface area contributed by atoms with Crippen LogP contribution in [-0.4, -0.2) is 68.8 Å². The number of pyridine rings is 1. The predicted octanol–water partition coefficient (Wildman–Crippen LogP) is 2.93. The third-order valence-electron chi connectivity index (χ3n) is 7.52. The van der Waals surface area contributed by atoms with Crippen molar-refractivity contribution in [1.82, 2.24) is 24.6 Å². The van der Waals surface area contributed by atoms with E-state index in [4.69, 9.17) is 4.74 Å². The van der Waals surface area contributed by atoms with E-state index in [2.05, 4.69) is 32.8 Å².